The lowest BCUT2D eigenvalue weighted by atomic mass is 10.1. The van der Waals surface area contributed by atoms with Crippen LogP contribution in [0.3, 0.4) is 0 Å². The van der Waals surface area contributed by atoms with Gasteiger partial charge in [-0.15, -0.1) is 0 Å². The van der Waals surface area contributed by atoms with E-state index in [0.29, 0.717) is 25.8 Å². The molecule has 2 aromatic carbocycles. The van der Waals surface area contributed by atoms with E-state index < -0.39 is 44.3 Å². The number of nitrogens with one attached hydrogen (secondary N) is 1. The number of aliphatic carboxylic acids is 2. The van der Waals surface area contributed by atoms with Crippen LogP contribution in [0, 0.1) is 34.1 Å². The maximum Gasteiger partial charge on any atom is 0.303 e. The summed E-state index contributed by atoms with van der Waals surface area (Å²) in [5, 5.41) is 40.0. The predicted octanol–water partition coefficient (Wildman–Crippen LogP) is 9.11. The van der Waals surface area contributed by atoms with Crippen LogP contribution in [0.25, 0.3) is 0 Å². The molecule has 15 nitrogen and oxygen atoms in total. The van der Waals surface area contributed by atoms with E-state index in [2.05, 4.69) is 31.0 Å². The second-order valence-electron chi connectivity index (χ2n) is 11.2. The standard InChI is InChI=1S/C14H16Cl2N2O5.C8H4Cl3NO3.C6H13NO2.C6H15N/c1-8-9(15)7-10(16)13(18(22)23)12(8)14(21)17-6-4-2-3-5-11(19)20;1-3-4(9)2-5(10)7(12(14)15)6(3)8(11)13;7-5-3-1-2-4-6(8)9;1-4-7(5-2)6-3/h7H,2-6H2,1H3,(H,17,21)(H,19,20);2H,1H3;1-5,7H2,(H,8,9);4-6H2,1-3H3. The second-order valence-corrected chi connectivity index (χ2v) is 13.2. The van der Waals surface area contributed by atoms with Crippen molar-refractivity contribution in [2.24, 2.45) is 5.73 Å². The van der Waals surface area contributed by atoms with Gasteiger partial charge in [-0.25, -0.2) is 0 Å². The highest BCUT2D eigenvalue weighted by molar-refractivity contribution is 6.68. The Labute approximate surface area is 339 Å². The smallest absolute Gasteiger partial charge is 0.303 e. The number of carbonyl (C=O) groups is 4. The van der Waals surface area contributed by atoms with E-state index in [1.54, 1.807) is 0 Å². The Kier molecular flexibility index (Phi) is 28.4. The molecule has 5 N–H and O–H groups in total. The molecule has 0 unspecified atom stereocenters. The number of halogens is 5. The fraction of sp³-hybridized carbons (Fsp3) is 0.529. The van der Waals surface area contributed by atoms with E-state index in [-0.39, 0.29) is 61.7 Å². The third-order valence-corrected chi connectivity index (χ3v) is 9.03. The summed E-state index contributed by atoms with van der Waals surface area (Å²) in [7, 11) is 0. The summed E-state index contributed by atoms with van der Waals surface area (Å²) >= 11 is 28.3. The van der Waals surface area contributed by atoms with E-state index >= 15 is 0 Å². The Bertz CT molecular complexity index is 1570. The lowest BCUT2D eigenvalue weighted by Gasteiger charge is -2.13. The van der Waals surface area contributed by atoms with Gasteiger partial charge >= 0.3 is 17.6 Å². The number of nitrogens with two attached hydrogens (primary N) is 1. The molecule has 0 heterocycles. The highest BCUT2D eigenvalue weighted by Crippen LogP contribution is 2.37. The summed E-state index contributed by atoms with van der Waals surface area (Å²) in [6.45, 7) is 14.0. The average Bonchev–Trinajstić information content (AvgIpc) is 3.08. The van der Waals surface area contributed by atoms with Crippen LogP contribution in [0.2, 0.25) is 20.1 Å². The third kappa shape index (κ3) is 20.4. The minimum absolute atomic E-state index is 0.0719. The molecule has 0 radical (unpaired) electrons. The Morgan fingerprint density at radius 3 is 1.43 bits per heavy atom. The molecular weight excluding hydrogens is 816 g/mol. The summed E-state index contributed by atoms with van der Waals surface area (Å²) in [5.41, 5.74) is 4.32. The molecule has 1 amide bonds. The minimum Gasteiger partial charge on any atom is -0.481 e. The summed E-state index contributed by atoms with van der Waals surface area (Å²) in [6.07, 6.45) is 4.68. The Morgan fingerprint density at radius 1 is 0.704 bits per heavy atom. The minimum atomic E-state index is -0.955. The highest BCUT2D eigenvalue weighted by atomic mass is 35.5. The first-order valence-electron chi connectivity index (χ1n) is 16.8. The van der Waals surface area contributed by atoms with E-state index in [0.717, 1.165) is 19.3 Å². The van der Waals surface area contributed by atoms with Gasteiger partial charge in [-0.1, -0.05) is 80.0 Å². The molecule has 0 bridgehead atoms. The van der Waals surface area contributed by atoms with Crippen molar-refractivity contribution < 1.29 is 39.2 Å². The van der Waals surface area contributed by atoms with Crippen LogP contribution in [0.15, 0.2) is 12.1 Å². The normalized spacial score (nSPS) is 10.1. The molecule has 0 aliphatic rings. The largest absolute Gasteiger partial charge is 0.481 e. The fourth-order valence-corrected chi connectivity index (χ4v) is 5.72. The molecule has 304 valence electrons. The zero-order chi connectivity index (χ0) is 42.1. The number of amides is 1. The van der Waals surface area contributed by atoms with Crippen molar-refractivity contribution in [3.05, 3.63) is 74.7 Å². The van der Waals surface area contributed by atoms with Crippen LogP contribution in [0.4, 0.5) is 11.4 Å². The maximum atomic E-state index is 12.2. The zero-order valence-electron chi connectivity index (χ0n) is 30.8. The number of unbranched alkanes of at least 4 members (excludes halogenated alkanes) is 4. The topological polar surface area (TPSA) is 236 Å². The molecule has 20 heteroatoms. The third-order valence-electron chi connectivity index (χ3n) is 7.48. The SMILES string of the molecule is CCN(CC)CC.Cc1c(Cl)cc(Cl)c([N+](=O)[O-])c1C(=O)Cl.Cc1c(Cl)cc(Cl)c([N+](=O)[O-])c1C(=O)NCCCCCC(=O)O.NCCCCCC(=O)O. The van der Waals surface area contributed by atoms with Gasteiger partial charge in [0.25, 0.3) is 16.8 Å². The first-order valence-corrected chi connectivity index (χ1v) is 18.7. The van der Waals surface area contributed by atoms with Crippen LogP contribution >= 0.6 is 58.0 Å². The van der Waals surface area contributed by atoms with Gasteiger partial charge in [0, 0.05) is 29.4 Å². The van der Waals surface area contributed by atoms with Crippen molar-refractivity contribution in [3.63, 3.8) is 0 Å². The molecular formula is C34H48Cl5N5O10. The van der Waals surface area contributed by atoms with Crippen LogP contribution in [-0.2, 0) is 9.59 Å². The van der Waals surface area contributed by atoms with Crippen LogP contribution in [0.5, 0.6) is 0 Å². The molecule has 0 aliphatic carbocycles. The predicted molar refractivity (Wildman–Crippen MR) is 213 cm³/mol. The summed E-state index contributed by atoms with van der Waals surface area (Å²) in [6, 6.07) is 2.44. The number of carbonyl (C=O) groups excluding carboxylic acids is 2. The fourth-order valence-electron chi connectivity index (χ4n) is 4.42. The average molecular weight is 864 g/mol. The molecule has 0 aromatic heterocycles. The number of nitro groups is 2. The molecule has 0 fully saturated rings. The summed E-state index contributed by atoms with van der Waals surface area (Å²) in [4.78, 5) is 66.3. The summed E-state index contributed by atoms with van der Waals surface area (Å²) in [5.74, 6) is -2.21. The van der Waals surface area contributed by atoms with Crippen molar-refractivity contribution in [1.29, 1.82) is 0 Å². The van der Waals surface area contributed by atoms with Gasteiger partial charge in [-0.2, -0.15) is 0 Å². The lowest BCUT2D eigenvalue weighted by molar-refractivity contribution is -0.385. The second kappa shape index (κ2) is 29.0. The summed E-state index contributed by atoms with van der Waals surface area (Å²) < 4.78 is 0. The first kappa shape index (κ1) is 52.8. The zero-order valence-corrected chi connectivity index (χ0v) is 34.6. The van der Waals surface area contributed by atoms with Gasteiger partial charge in [-0.05, 0) is 101 Å². The number of benzene rings is 2. The van der Waals surface area contributed by atoms with E-state index in [1.165, 1.54) is 45.6 Å². The number of carboxylic acid groups (broad SMARTS) is 2. The van der Waals surface area contributed by atoms with Crippen LogP contribution in [0.1, 0.15) is 104 Å². The van der Waals surface area contributed by atoms with Gasteiger partial charge in [0.1, 0.15) is 21.2 Å². The molecule has 2 rings (SSSR count). The van der Waals surface area contributed by atoms with Crippen molar-refractivity contribution in [2.45, 2.75) is 86.0 Å². The van der Waals surface area contributed by atoms with Crippen molar-refractivity contribution in [1.82, 2.24) is 10.2 Å². The number of nitrogens with zero attached hydrogens (tertiary/aromatic N) is 3. The maximum absolute atomic E-state index is 12.2. The number of carboxylic acids is 2. The number of nitro benzene ring substituents is 2. The van der Waals surface area contributed by atoms with E-state index in [1.807, 2.05) is 0 Å². The van der Waals surface area contributed by atoms with E-state index in [4.69, 9.17) is 74.0 Å². The Balaban J connectivity index is 0. The molecule has 0 spiro atoms. The van der Waals surface area contributed by atoms with Gasteiger partial charge in [0.2, 0.25) is 0 Å². The molecule has 0 saturated heterocycles. The monoisotopic (exact) mass is 861 g/mol. The van der Waals surface area contributed by atoms with Crippen LogP contribution < -0.4 is 11.1 Å². The van der Waals surface area contributed by atoms with Gasteiger partial charge < -0.3 is 26.2 Å². The van der Waals surface area contributed by atoms with Gasteiger partial charge in [0.05, 0.1) is 9.85 Å². The molecule has 0 aliphatic heterocycles. The van der Waals surface area contributed by atoms with Crippen molar-refractivity contribution in [3.8, 4) is 0 Å². The van der Waals surface area contributed by atoms with Gasteiger partial charge in [0.15, 0.2) is 0 Å². The van der Waals surface area contributed by atoms with Crippen molar-refractivity contribution >= 4 is 92.5 Å². The lowest BCUT2D eigenvalue weighted by Crippen LogP contribution is -2.26. The van der Waals surface area contributed by atoms with Gasteiger partial charge in [-0.3, -0.25) is 39.4 Å². The van der Waals surface area contributed by atoms with Crippen LogP contribution in [-0.4, -0.2) is 80.8 Å². The molecule has 2 aromatic rings. The Morgan fingerprint density at radius 2 is 1.09 bits per heavy atom. The molecule has 0 saturated carbocycles. The molecule has 54 heavy (non-hydrogen) atoms. The highest BCUT2D eigenvalue weighted by Gasteiger charge is 2.28. The van der Waals surface area contributed by atoms with Crippen molar-refractivity contribution in [2.75, 3.05) is 32.7 Å². The van der Waals surface area contributed by atoms with E-state index in [9.17, 15) is 39.4 Å². The number of hydrogen-bond donors (Lipinski definition) is 4. The molecule has 0 atom stereocenters. The Hall–Kier alpha value is -3.31. The number of rotatable bonds is 18. The number of hydrogen-bond acceptors (Lipinski definition) is 10. The first-order chi connectivity index (χ1) is 25.2. The quantitative estimate of drug-likeness (QED) is 0.0475.